The molecule has 1 rings (SSSR count). The molecule has 30 heavy (non-hydrogen) atoms. The summed E-state index contributed by atoms with van der Waals surface area (Å²) in [6, 6.07) is 6.35. The molecule has 0 bridgehead atoms. The summed E-state index contributed by atoms with van der Waals surface area (Å²) in [5, 5.41) is 0. The molecule has 0 aromatic heterocycles. The maximum absolute atomic E-state index is 12.0. The van der Waals surface area contributed by atoms with Crippen LogP contribution < -0.4 is 10.6 Å². The van der Waals surface area contributed by atoms with E-state index < -0.39 is 29.6 Å². The summed E-state index contributed by atoms with van der Waals surface area (Å²) in [5.74, 6) is -1.04. The van der Waals surface area contributed by atoms with Crippen molar-refractivity contribution in [3.8, 4) is 0 Å². The van der Waals surface area contributed by atoms with Crippen molar-refractivity contribution in [1.29, 1.82) is 0 Å². The van der Waals surface area contributed by atoms with Gasteiger partial charge in [0.2, 0.25) is 0 Å². The average Bonchev–Trinajstić information content (AvgIpc) is 2.65. The number of rotatable bonds is 11. The van der Waals surface area contributed by atoms with Crippen LogP contribution in [0.15, 0.2) is 24.3 Å². The normalized spacial score (nSPS) is 12.2. The molecule has 0 aliphatic heterocycles. The van der Waals surface area contributed by atoms with Crippen LogP contribution in [0, 0.1) is 0 Å². The van der Waals surface area contributed by atoms with E-state index in [1.165, 1.54) is 0 Å². The Morgan fingerprint density at radius 2 is 1.60 bits per heavy atom. The molecule has 9 heteroatoms. The monoisotopic (exact) mass is 460 g/mol. The van der Waals surface area contributed by atoms with Crippen LogP contribution in [0.4, 0.5) is 5.69 Å². The number of carbonyl (C=O) groups is 3. The summed E-state index contributed by atoms with van der Waals surface area (Å²) in [6.45, 7) is 6.50. The molecule has 0 radical (unpaired) electrons. The van der Waals surface area contributed by atoms with Crippen LogP contribution in [0.1, 0.15) is 39.2 Å². The van der Waals surface area contributed by atoms with E-state index in [1.54, 1.807) is 32.9 Å². The number of alkyl halides is 2. The van der Waals surface area contributed by atoms with Crippen molar-refractivity contribution in [2.24, 2.45) is 5.73 Å². The van der Waals surface area contributed by atoms with Gasteiger partial charge in [0.25, 0.3) is 0 Å². The summed E-state index contributed by atoms with van der Waals surface area (Å²) >= 11 is 11.6. The van der Waals surface area contributed by atoms with Crippen molar-refractivity contribution in [2.75, 3.05) is 29.7 Å². The fraction of sp³-hybridized carbons (Fsp3) is 0.571. The van der Waals surface area contributed by atoms with Gasteiger partial charge in [-0.25, -0.2) is 0 Å². The van der Waals surface area contributed by atoms with E-state index in [1.807, 2.05) is 17.0 Å². The molecular weight excluding hydrogens is 431 g/mol. The Labute approximate surface area is 187 Å². The SMILES string of the molecule is CC(C)(C)OC(=O)[C@@H](N)CCC(=O)OC(=O)Cc1ccc(N(CCCl)CCCl)cc1. The van der Waals surface area contributed by atoms with Gasteiger partial charge in [0.05, 0.1) is 6.42 Å². The van der Waals surface area contributed by atoms with Crippen molar-refractivity contribution >= 4 is 46.8 Å². The van der Waals surface area contributed by atoms with Crippen molar-refractivity contribution in [2.45, 2.75) is 51.7 Å². The second kappa shape index (κ2) is 12.8. The number of ether oxygens (including phenoxy) is 2. The standard InChI is InChI=1S/C21H30Cl2N2O5/c1-21(2,3)30-20(28)17(24)8-9-18(26)29-19(27)14-15-4-6-16(7-5-15)25(12-10-22)13-11-23/h4-7,17H,8-14,24H2,1-3H3/t17-/m0/s1. The predicted octanol–water partition coefficient (Wildman–Crippen LogP) is 3.03. The molecule has 168 valence electrons. The zero-order chi connectivity index (χ0) is 22.7. The van der Waals surface area contributed by atoms with Crippen LogP contribution in [0.2, 0.25) is 0 Å². The highest BCUT2D eigenvalue weighted by Gasteiger charge is 2.23. The second-order valence-electron chi connectivity index (χ2n) is 7.73. The van der Waals surface area contributed by atoms with Gasteiger partial charge in [-0.05, 0) is 44.9 Å². The first kappa shape index (κ1) is 26.2. The molecule has 1 atom stereocenters. The number of esters is 3. The highest BCUT2D eigenvalue weighted by Crippen LogP contribution is 2.16. The molecule has 0 fully saturated rings. The van der Waals surface area contributed by atoms with E-state index in [4.69, 9.17) is 38.4 Å². The third kappa shape index (κ3) is 10.3. The van der Waals surface area contributed by atoms with E-state index >= 15 is 0 Å². The minimum absolute atomic E-state index is 0.0344. The number of hydrogen-bond donors (Lipinski definition) is 1. The number of nitrogens with zero attached hydrogens (tertiary/aromatic N) is 1. The van der Waals surface area contributed by atoms with Crippen LogP contribution in [0.25, 0.3) is 0 Å². The molecule has 0 saturated carbocycles. The fourth-order valence-corrected chi connectivity index (χ4v) is 2.96. The molecule has 0 amide bonds. The number of halogens is 2. The van der Waals surface area contributed by atoms with Crippen LogP contribution >= 0.6 is 23.2 Å². The third-order valence-electron chi connectivity index (χ3n) is 3.96. The van der Waals surface area contributed by atoms with Gasteiger partial charge in [-0.15, -0.1) is 23.2 Å². The Balaban J connectivity index is 2.48. The molecule has 0 aliphatic rings. The molecule has 0 saturated heterocycles. The predicted molar refractivity (Wildman–Crippen MR) is 118 cm³/mol. The zero-order valence-corrected chi connectivity index (χ0v) is 19.2. The number of anilines is 1. The fourth-order valence-electron chi connectivity index (χ4n) is 2.55. The molecule has 2 N–H and O–H groups in total. The van der Waals surface area contributed by atoms with E-state index in [2.05, 4.69) is 0 Å². The van der Waals surface area contributed by atoms with Crippen LogP contribution in [-0.2, 0) is 30.3 Å². The summed E-state index contributed by atoms with van der Waals surface area (Å²) in [4.78, 5) is 37.7. The minimum atomic E-state index is -0.955. The van der Waals surface area contributed by atoms with E-state index in [9.17, 15) is 14.4 Å². The lowest BCUT2D eigenvalue weighted by Crippen LogP contribution is -2.37. The number of hydrogen-bond acceptors (Lipinski definition) is 7. The van der Waals surface area contributed by atoms with Gasteiger partial charge in [0.1, 0.15) is 11.6 Å². The molecule has 0 unspecified atom stereocenters. The van der Waals surface area contributed by atoms with E-state index in [-0.39, 0.29) is 19.3 Å². The van der Waals surface area contributed by atoms with Gasteiger partial charge in [0.15, 0.2) is 0 Å². The largest absolute Gasteiger partial charge is 0.459 e. The molecular formula is C21H30Cl2N2O5. The van der Waals surface area contributed by atoms with Gasteiger partial charge in [-0.1, -0.05) is 12.1 Å². The quantitative estimate of drug-likeness (QED) is 0.307. The Hall–Kier alpha value is -1.83. The van der Waals surface area contributed by atoms with Crippen LogP contribution in [0.3, 0.4) is 0 Å². The smallest absolute Gasteiger partial charge is 0.323 e. The van der Waals surface area contributed by atoms with Crippen molar-refractivity contribution in [3.05, 3.63) is 29.8 Å². The van der Waals surface area contributed by atoms with Gasteiger partial charge < -0.3 is 20.1 Å². The first-order valence-electron chi connectivity index (χ1n) is 9.73. The minimum Gasteiger partial charge on any atom is -0.459 e. The van der Waals surface area contributed by atoms with Gasteiger partial charge in [-0.3, -0.25) is 14.4 Å². The molecule has 1 aromatic rings. The molecule has 0 heterocycles. The molecule has 1 aromatic carbocycles. The van der Waals surface area contributed by atoms with Crippen molar-refractivity contribution < 1.29 is 23.9 Å². The Kier molecular flexibility index (Phi) is 11.2. The molecule has 0 spiro atoms. The second-order valence-corrected chi connectivity index (χ2v) is 8.49. The molecule has 0 aliphatic carbocycles. The lowest BCUT2D eigenvalue weighted by molar-refractivity contribution is -0.159. The van der Waals surface area contributed by atoms with E-state index in [0.29, 0.717) is 30.4 Å². The summed E-state index contributed by atoms with van der Waals surface area (Å²) in [5.41, 5.74) is 6.71. The topological polar surface area (TPSA) is 98.9 Å². The summed E-state index contributed by atoms with van der Waals surface area (Å²) in [6.07, 6.45) is -0.168. The van der Waals surface area contributed by atoms with Crippen molar-refractivity contribution in [1.82, 2.24) is 0 Å². The molecule has 7 nitrogen and oxygen atoms in total. The Morgan fingerprint density at radius 3 is 2.10 bits per heavy atom. The number of benzene rings is 1. The van der Waals surface area contributed by atoms with Crippen molar-refractivity contribution in [3.63, 3.8) is 0 Å². The Bertz CT molecular complexity index is 698. The van der Waals surface area contributed by atoms with E-state index in [0.717, 1.165) is 5.69 Å². The third-order valence-corrected chi connectivity index (χ3v) is 4.29. The first-order chi connectivity index (χ1) is 14.1. The average molecular weight is 461 g/mol. The first-order valence-corrected chi connectivity index (χ1v) is 10.8. The van der Waals surface area contributed by atoms with Crippen LogP contribution in [0.5, 0.6) is 0 Å². The lowest BCUT2D eigenvalue weighted by atomic mass is 10.1. The highest BCUT2D eigenvalue weighted by molar-refractivity contribution is 6.18. The van der Waals surface area contributed by atoms with Crippen LogP contribution in [-0.4, -0.2) is 54.4 Å². The lowest BCUT2D eigenvalue weighted by Gasteiger charge is -2.23. The Morgan fingerprint density at radius 1 is 1.03 bits per heavy atom. The maximum atomic E-state index is 12.0. The zero-order valence-electron chi connectivity index (χ0n) is 17.7. The van der Waals surface area contributed by atoms with Gasteiger partial charge in [-0.2, -0.15) is 0 Å². The summed E-state index contributed by atoms with van der Waals surface area (Å²) < 4.78 is 9.96. The summed E-state index contributed by atoms with van der Waals surface area (Å²) in [7, 11) is 0. The number of carbonyl (C=O) groups excluding carboxylic acids is 3. The maximum Gasteiger partial charge on any atom is 0.323 e. The van der Waals surface area contributed by atoms with Gasteiger partial charge >= 0.3 is 17.9 Å². The van der Waals surface area contributed by atoms with Gasteiger partial charge in [0, 0.05) is 37.0 Å². The highest BCUT2D eigenvalue weighted by atomic mass is 35.5. The number of nitrogens with two attached hydrogens (primary N) is 1.